The highest BCUT2D eigenvalue weighted by molar-refractivity contribution is 7.89. The van der Waals surface area contributed by atoms with Gasteiger partial charge in [-0.1, -0.05) is 78.9 Å². The molecular formula is C26H23NO3S. The van der Waals surface area contributed by atoms with Crippen molar-refractivity contribution in [1.82, 2.24) is 4.31 Å². The number of sulfonamides is 1. The van der Waals surface area contributed by atoms with Crippen molar-refractivity contribution in [2.24, 2.45) is 0 Å². The van der Waals surface area contributed by atoms with Crippen LogP contribution in [0.1, 0.15) is 35.2 Å². The number of rotatable bonds is 5. The Labute approximate surface area is 183 Å². The molecule has 0 saturated heterocycles. The monoisotopic (exact) mass is 429 g/mol. The van der Waals surface area contributed by atoms with E-state index in [2.05, 4.69) is 6.58 Å². The molecule has 0 spiro atoms. The predicted octanol–water partition coefficient (Wildman–Crippen LogP) is 5.38. The zero-order chi connectivity index (χ0) is 22.2. The molecule has 31 heavy (non-hydrogen) atoms. The van der Waals surface area contributed by atoms with Crippen LogP contribution in [-0.4, -0.2) is 18.5 Å². The molecule has 1 heterocycles. The highest BCUT2D eigenvalue weighted by atomic mass is 32.2. The summed E-state index contributed by atoms with van der Waals surface area (Å²) >= 11 is 0. The largest absolute Gasteiger partial charge is 0.295 e. The van der Waals surface area contributed by atoms with Crippen LogP contribution in [0.25, 0.3) is 11.8 Å². The van der Waals surface area contributed by atoms with E-state index in [9.17, 15) is 13.2 Å². The first-order valence-corrected chi connectivity index (χ1v) is 11.4. The fraction of sp³-hybridized carbons (Fsp3) is 0.115. The standard InChI is InChI=1S/C26H23NO3S/c1-18-13-15-23(16-14-18)31(29,30)27-25(21-9-5-4-6-10-21)17-22-11-7-8-12-24(22)26(27)19(2)20(3)28/h4-17,26H,2H2,1,3H3/t26-/m1/s1. The van der Waals surface area contributed by atoms with Crippen LogP contribution in [0.5, 0.6) is 0 Å². The maximum Gasteiger partial charge on any atom is 0.265 e. The van der Waals surface area contributed by atoms with Gasteiger partial charge in [-0.25, -0.2) is 8.42 Å². The van der Waals surface area contributed by atoms with Crippen molar-refractivity contribution in [2.75, 3.05) is 0 Å². The highest BCUT2D eigenvalue weighted by Gasteiger charge is 2.40. The molecule has 4 rings (SSSR count). The van der Waals surface area contributed by atoms with Crippen molar-refractivity contribution in [2.45, 2.75) is 24.8 Å². The van der Waals surface area contributed by atoms with Gasteiger partial charge < -0.3 is 0 Å². The lowest BCUT2D eigenvalue weighted by Crippen LogP contribution is -2.37. The number of hydrogen-bond acceptors (Lipinski definition) is 3. The van der Waals surface area contributed by atoms with Gasteiger partial charge in [0.25, 0.3) is 10.0 Å². The van der Waals surface area contributed by atoms with Crippen LogP contribution in [0, 0.1) is 6.92 Å². The quantitative estimate of drug-likeness (QED) is 0.512. The van der Waals surface area contributed by atoms with Gasteiger partial charge in [0.1, 0.15) is 0 Å². The van der Waals surface area contributed by atoms with Crippen molar-refractivity contribution >= 4 is 27.6 Å². The highest BCUT2D eigenvalue weighted by Crippen LogP contribution is 2.45. The normalized spacial score (nSPS) is 15.7. The molecule has 0 unspecified atom stereocenters. The second-order valence-corrected chi connectivity index (χ2v) is 9.44. The summed E-state index contributed by atoms with van der Waals surface area (Å²) in [4.78, 5) is 12.6. The van der Waals surface area contributed by atoms with Crippen LogP contribution in [0.3, 0.4) is 0 Å². The Morgan fingerprint density at radius 2 is 1.52 bits per heavy atom. The molecule has 1 atom stereocenters. The number of ketones is 1. The lowest BCUT2D eigenvalue weighted by molar-refractivity contribution is -0.114. The Bertz CT molecular complexity index is 1290. The molecule has 0 radical (unpaired) electrons. The first-order valence-electron chi connectivity index (χ1n) is 9.97. The van der Waals surface area contributed by atoms with E-state index in [0.29, 0.717) is 5.70 Å². The molecule has 0 N–H and O–H groups in total. The summed E-state index contributed by atoms with van der Waals surface area (Å²) < 4.78 is 29.3. The Morgan fingerprint density at radius 1 is 0.903 bits per heavy atom. The van der Waals surface area contributed by atoms with Gasteiger partial charge in [-0.3, -0.25) is 9.10 Å². The molecule has 0 amide bonds. The van der Waals surface area contributed by atoms with E-state index in [4.69, 9.17) is 0 Å². The molecular weight excluding hydrogens is 406 g/mol. The summed E-state index contributed by atoms with van der Waals surface area (Å²) in [5.41, 5.74) is 4.04. The van der Waals surface area contributed by atoms with E-state index in [1.807, 2.05) is 67.6 Å². The molecule has 3 aromatic rings. The van der Waals surface area contributed by atoms with Gasteiger partial charge in [0, 0.05) is 5.57 Å². The second kappa shape index (κ2) is 8.00. The van der Waals surface area contributed by atoms with Crippen LogP contribution in [0.2, 0.25) is 0 Å². The number of carbonyl (C=O) groups is 1. The van der Waals surface area contributed by atoms with Crippen molar-refractivity contribution in [1.29, 1.82) is 0 Å². The number of Topliss-reactive ketones (excluding diaryl/α,β-unsaturated/α-hetero) is 1. The number of aryl methyl sites for hydroxylation is 1. The fourth-order valence-electron chi connectivity index (χ4n) is 3.80. The van der Waals surface area contributed by atoms with Crippen molar-refractivity contribution in [3.05, 3.63) is 113 Å². The molecule has 0 aromatic heterocycles. The average Bonchev–Trinajstić information content (AvgIpc) is 2.78. The van der Waals surface area contributed by atoms with E-state index >= 15 is 0 Å². The maximum absolute atomic E-state index is 14.0. The minimum atomic E-state index is -3.99. The number of nitrogens with zero attached hydrogens (tertiary/aromatic N) is 1. The molecule has 4 nitrogen and oxygen atoms in total. The van der Waals surface area contributed by atoms with Gasteiger partial charge in [-0.15, -0.1) is 0 Å². The molecule has 5 heteroatoms. The first kappa shape index (κ1) is 20.8. The van der Waals surface area contributed by atoms with Crippen LogP contribution >= 0.6 is 0 Å². The predicted molar refractivity (Wildman–Crippen MR) is 124 cm³/mol. The lowest BCUT2D eigenvalue weighted by Gasteiger charge is -2.39. The summed E-state index contributed by atoms with van der Waals surface area (Å²) in [6, 6.07) is 22.8. The van der Waals surface area contributed by atoms with Gasteiger partial charge in [-0.2, -0.15) is 0 Å². The van der Waals surface area contributed by atoms with Gasteiger partial charge in [0.2, 0.25) is 0 Å². The van der Waals surface area contributed by atoms with E-state index in [1.165, 1.54) is 11.2 Å². The van der Waals surface area contributed by atoms with Crippen LogP contribution < -0.4 is 0 Å². The number of fused-ring (bicyclic) bond motifs is 1. The molecule has 156 valence electrons. The van der Waals surface area contributed by atoms with Gasteiger partial charge in [0.05, 0.1) is 16.6 Å². The lowest BCUT2D eigenvalue weighted by atomic mass is 9.89. The third-order valence-corrected chi connectivity index (χ3v) is 7.28. The van der Waals surface area contributed by atoms with Crippen LogP contribution in [-0.2, 0) is 14.8 Å². The summed E-state index contributed by atoms with van der Waals surface area (Å²) in [5.74, 6) is -0.252. The molecule has 0 aliphatic carbocycles. The number of carbonyl (C=O) groups excluding carboxylic acids is 1. The Balaban J connectivity index is 2.02. The Kier molecular flexibility index (Phi) is 5.38. The average molecular weight is 430 g/mol. The molecule has 1 aliphatic rings. The van der Waals surface area contributed by atoms with Gasteiger partial charge in [-0.05, 0) is 48.7 Å². The van der Waals surface area contributed by atoms with Gasteiger partial charge in [0.15, 0.2) is 5.78 Å². The number of hydrogen-bond donors (Lipinski definition) is 0. The summed E-state index contributed by atoms with van der Waals surface area (Å²) in [7, 11) is -3.99. The third-order valence-electron chi connectivity index (χ3n) is 5.48. The second-order valence-electron chi connectivity index (χ2n) is 7.62. The van der Waals surface area contributed by atoms with Crippen molar-refractivity contribution in [3.8, 4) is 0 Å². The van der Waals surface area contributed by atoms with Crippen LogP contribution in [0.4, 0.5) is 0 Å². The Morgan fingerprint density at radius 3 is 2.16 bits per heavy atom. The summed E-state index contributed by atoms with van der Waals surface area (Å²) in [6.45, 7) is 7.32. The topological polar surface area (TPSA) is 54.5 Å². The summed E-state index contributed by atoms with van der Waals surface area (Å²) in [5, 5.41) is 0. The SMILES string of the molecule is C=C(C(C)=O)[C@@H]1c2ccccc2C=C(c2ccccc2)N1S(=O)(=O)c1ccc(C)cc1. The van der Waals surface area contributed by atoms with Crippen molar-refractivity contribution in [3.63, 3.8) is 0 Å². The van der Waals surface area contributed by atoms with E-state index in [1.54, 1.807) is 24.3 Å². The zero-order valence-electron chi connectivity index (χ0n) is 17.4. The van der Waals surface area contributed by atoms with Crippen molar-refractivity contribution < 1.29 is 13.2 Å². The van der Waals surface area contributed by atoms with Crippen LogP contribution in [0.15, 0.2) is 95.9 Å². The first-order chi connectivity index (χ1) is 14.8. The fourth-order valence-corrected chi connectivity index (χ4v) is 5.44. The smallest absolute Gasteiger partial charge is 0.265 e. The molecule has 3 aromatic carbocycles. The van der Waals surface area contributed by atoms with E-state index < -0.39 is 16.1 Å². The molecule has 0 bridgehead atoms. The molecule has 1 aliphatic heterocycles. The number of benzene rings is 3. The Hall–Kier alpha value is -3.44. The minimum absolute atomic E-state index is 0.167. The van der Waals surface area contributed by atoms with Gasteiger partial charge >= 0.3 is 0 Å². The van der Waals surface area contributed by atoms with E-state index in [0.717, 1.165) is 22.3 Å². The maximum atomic E-state index is 14.0. The summed E-state index contributed by atoms with van der Waals surface area (Å²) in [6.07, 6.45) is 1.86. The zero-order valence-corrected chi connectivity index (χ0v) is 18.3. The molecule has 0 fully saturated rings. The minimum Gasteiger partial charge on any atom is -0.295 e. The molecule has 0 saturated carbocycles. The van der Waals surface area contributed by atoms with E-state index in [-0.39, 0.29) is 16.3 Å². The third kappa shape index (κ3) is 3.73.